The number of rotatable bonds is 5. The largest absolute Gasteiger partial charge is 0.377 e. The van der Waals surface area contributed by atoms with E-state index in [4.69, 9.17) is 4.74 Å². The van der Waals surface area contributed by atoms with Crippen molar-refractivity contribution in [2.24, 2.45) is 0 Å². The molecule has 0 heterocycles. The molecule has 0 atom stereocenters. The molecule has 0 aromatic carbocycles. The quantitative estimate of drug-likeness (QED) is 0.596. The molecule has 0 aromatic rings. The van der Waals surface area contributed by atoms with Crippen LogP contribution in [-0.2, 0) is 4.74 Å². The maximum atomic E-state index is 5.15. The molecule has 0 aliphatic rings. The fourth-order valence-corrected chi connectivity index (χ4v) is 0.546. The minimum atomic E-state index is 0.631. The Morgan fingerprint density at radius 1 is 1.14 bits per heavy atom. The summed E-state index contributed by atoms with van der Waals surface area (Å²) in [5.74, 6) is 0. The topological polar surface area (TPSA) is 9.23 Å². The summed E-state index contributed by atoms with van der Waals surface area (Å²) < 4.78 is 5.15. The first-order chi connectivity index (χ1) is 6.85. The van der Waals surface area contributed by atoms with Crippen LogP contribution >= 0.6 is 0 Å². The van der Waals surface area contributed by atoms with Gasteiger partial charge >= 0.3 is 0 Å². The first-order valence-corrected chi connectivity index (χ1v) is 5.37. The van der Waals surface area contributed by atoms with Crippen LogP contribution in [0.15, 0.2) is 37.0 Å². The van der Waals surface area contributed by atoms with E-state index in [1.807, 2.05) is 40.7 Å². The SMILES string of the molecule is C=C/C=C(\C=C)COCC.CC.CC. The lowest BCUT2D eigenvalue weighted by atomic mass is 10.2. The Kier molecular flexibility index (Phi) is 30.7. The molecule has 0 radical (unpaired) electrons. The Labute approximate surface area is 90.2 Å². The Morgan fingerprint density at radius 3 is 1.93 bits per heavy atom. The molecule has 0 aromatic heterocycles. The molecule has 84 valence electrons. The Bertz CT molecular complexity index is 134. The highest BCUT2D eigenvalue weighted by atomic mass is 16.5. The summed E-state index contributed by atoms with van der Waals surface area (Å²) in [4.78, 5) is 0. The second kappa shape index (κ2) is 22.8. The lowest BCUT2D eigenvalue weighted by Crippen LogP contribution is -1.94. The summed E-state index contributed by atoms with van der Waals surface area (Å²) in [7, 11) is 0. The first kappa shape index (κ1) is 18.9. The predicted molar refractivity (Wildman–Crippen MR) is 67.7 cm³/mol. The summed E-state index contributed by atoms with van der Waals surface area (Å²) in [6, 6.07) is 0. The molecule has 0 saturated heterocycles. The Hall–Kier alpha value is -0.820. The van der Waals surface area contributed by atoms with E-state index in [9.17, 15) is 0 Å². The van der Waals surface area contributed by atoms with Gasteiger partial charge in [0.25, 0.3) is 0 Å². The van der Waals surface area contributed by atoms with Crippen LogP contribution in [0.1, 0.15) is 34.6 Å². The summed E-state index contributed by atoms with van der Waals surface area (Å²) in [6.07, 6.45) is 5.40. The van der Waals surface area contributed by atoms with Gasteiger partial charge in [-0.3, -0.25) is 0 Å². The average molecular weight is 198 g/mol. The van der Waals surface area contributed by atoms with Gasteiger partial charge in [0.1, 0.15) is 0 Å². The molecule has 0 bridgehead atoms. The van der Waals surface area contributed by atoms with Crippen LogP contribution in [0.4, 0.5) is 0 Å². The molecular formula is C13H26O. The number of ether oxygens (including phenoxy) is 1. The lowest BCUT2D eigenvalue weighted by molar-refractivity contribution is 0.173. The van der Waals surface area contributed by atoms with Gasteiger partial charge in [0.05, 0.1) is 6.61 Å². The van der Waals surface area contributed by atoms with Gasteiger partial charge in [0, 0.05) is 6.61 Å². The van der Waals surface area contributed by atoms with Gasteiger partial charge in [0.2, 0.25) is 0 Å². The summed E-state index contributed by atoms with van der Waals surface area (Å²) in [5, 5.41) is 0. The Morgan fingerprint density at radius 2 is 1.64 bits per heavy atom. The predicted octanol–water partition coefficient (Wildman–Crippen LogP) is 4.37. The summed E-state index contributed by atoms with van der Waals surface area (Å²) in [5.41, 5.74) is 1.07. The summed E-state index contributed by atoms with van der Waals surface area (Å²) in [6.45, 7) is 18.5. The molecule has 0 aliphatic carbocycles. The molecule has 0 fully saturated rings. The standard InChI is InChI=1S/C9H14O.2C2H6/c1-4-7-9(5-2)8-10-6-3;2*1-2/h4-5,7H,1-2,6,8H2,3H3;2*1-2H3/b9-7+;;. The van der Waals surface area contributed by atoms with Crippen LogP contribution in [0.2, 0.25) is 0 Å². The van der Waals surface area contributed by atoms with Gasteiger partial charge in [-0.2, -0.15) is 0 Å². The number of hydrogen-bond acceptors (Lipinski definition) is 1. The van der Waals surface area contributed by atoms with E-state index in [0.29, 0.717) is 6.61 Å². The van der Waals surface area contributed by atoms with Crippen LogP contribution in [0.3, 0.4) is 0 Å². The maximum absolute atomic E-state index is 5.15. The highest BCUT2D eigenvalue weighted by Gasteiger charge is 1.86. The van der Waals surface area contributed by atoms with Crippen molar-refractivity contribution in [1.82, 2.24) is 0 Å². The molecular weight excluding hydrogens is 172 g/mol. The van der Waals surface area contributed by atoms with Crippen LogP contribution in [0, 0.1) is 0 Å². The van der Waals surface area contributed by atoms with Crippen LogP contribution in [0.5, 0.6) is 0 Å². The monoisotopic (exact) mass is 198 g/mol. The molecule has 0 N–H and O–H groups in total. The van der Waals surface area contributed by atoms with Gasteiger partial charge < -0.3 is 4.74 Å². The van der Waals surface area contributed by atoms with E-state index < -0.39 is 0 Å². The molecule has 1 nitrogen and oxygen atoms in total. The third kappa shape index (κ3) is 17.3. The smallest absolute Gasteiger partial charge is 0.0716 e. The van der Waals surface area contributed by atoms with E-state index in [-0.39, 0.29) is 0 Å². The van der Waals surface area contributed by atoms with Crippen molar-refractivity contribution in [3.05, 3.63) is 37.0 Å². The van der Waals surface area contributed by atoms with E-state index in [0.717, 1.165) is 12.2 Å². The van der Waals surface area contributed by atoms with Crippen LogP contribution in [-0.4, -0.2) is 13.2 Å². The van der Waals surface area contributed by atoms with E-state index in [1.54, 1.807) is 12.2 Å². The van der Waals surface area contributed by atoms with Crippen molar-refractivity contribution in [3.8, 4) is 0 Å². The Balaban J connectivity index is -0.000000266. The molecule has 0 rings (SSSR count). The van der Waals surface area contributed by atoms with E-state index in [2.05, 4.69) is 13.2 Å². The second-order valence-electron chi connectivity index (χ2n) is 1.82. The van der Waals surface area contributed by atoms with Crippen molar-refractivity contribution < 1.29 is 4.74 Å². The second-order valence-corrected chi connectivity index (χ2v) is 1.82. The summed E-state index contributed by atoms with van der Waals surface area (Å²) >= 11 is 0. The minimum absolute atomic E-state index is 0.631. The molecule has 0 saturated carbocycles. The zero-order valence-electron chi connectivity index (χ0n) is 10.5. The molecule has 0 aliphatic heterocycles. The third-order valence-electron chi connectivity index (χ3n) is 1.07. The number of hydrogen-bond donors (Lipinski definition) is 0. The van der Waals surface area contributed by atoms with Crippen molar-refractivity contribution in [2.75, 3.05) is 13.2 Å². The van der Waals surface area contributed by atoms with Crippen molar-refractivity contribution in [1.29, 1.82) is 0 Å². The van der Waals surface area contributed by atoms with Gasteiger partial charge in [-0.05, 0) is 12.5 Å². The van der Waals surface area contributed by atoms with Crippen molar-refractivity contribution in [2.45, 2.75) is 34.6 Å². The third-order valence-corrected chi connectivity index (χ3v) is 1.07. The molecule has 14 heavy (non-hydrogen) atoms. The zero-order valence-corrected chi connectivity index (χ0v) is 10.5. The van der Waals surface area contributed by atoms with E-state index in [1.165, 1.54) is 0 Å². The van der Waals surface area contributed by atoms with Crippen LogP contribution in [0.25, 0.3) is 0 Å². The zero-order chi connectivity index (χ0) is 11.8. The van der Waals surface area contributed by atoms with Gasteiger partial charge in [-0.15, -0.1) is 0 Å². The fraction of sp³-hybridized carbons (Fsp3) is 0.538. The maximum Gasteiger partial charge on any atom is 0.0716 e. The minimum Gasteiger partial charge on any atom is -0.377 e. The van der Waals surface area contributed by atoms with Gasteiger partial charge in [-0.25, -0.2) is 0 Å². The number of allylic oxidation sites excluding steroid dienone is 2. The average Bonchev–Trinajstić information content (AvgIpc) is 2.29. The van der Waals surface area contributed by atoms with Gasteiger partial charge in [-0.1, -0.05) is 59.1 Å². The molecule has 1 heteroatoms. The molecule has 0 amide bonds. The fourth-order valence-electron chi connectivity index (χ4n) is 0.546. The highest BCUT2D eigenvalue weighted by Crippen LogP contribution is 1.96. The van der Waals surface area contributed by atoms with E-state index >= 15 is 0 Å². The normalized spacial score (nSPS) is 8.79. The lowest BCUT2D eigenvalue weighted by Gasteiger charge is -1.99. The van der Waals surface area contributed by atoms with Crippen molar-refractivity contribution in [3.63, 3.8) is 0 Å². The molecule has 0 spiro atoms. The molecule has 0 unspecified atom stereocenters. The van der Waals surface area contributed by atoms with Gasteiger partial charge in [0.15, 0.2) is 0 Å². The van der Waals surface area contributed by atoms with Crippen molar-refractivity contribution >= 4 is 0 Å². The highest BCUT2D eigenvalue weighted by molar-refractivity contribution is 5.21. The van der Waals surface area contributed by atoms with Crippen LogP contribution < -0.4 is 0 Å². The first-order valence-electron chi connectivity index (χ1n) is 5.37.